The predicted molar refractivity (Wildman–Crippen MR) is 553 cm³/mol. The minimum absolute atomic E-state index is 0. The Morgan fingerprint density at radius 2 is 0.895 bits per heavy atom. The second-order valence-electron chi connectivity index (χ2n) is 33.9. The largest absolute Gasteiger partial charge is 4.00 e. The molecule has 8 aliphatic heterocycles. The minimum Gasteiger partial charge on any atom is -0.513 e. The zero-order valence-corrected chi connectivity index (χ0v) is 87.8. The number of pyridine rings is 3. The zero-order valence-electron chi connectivity index (χ0n) is 78.5. The summed E-state index contributed by atoms with van der Waals surface area (Å²) in [6, 6.07) is 123. The van der Waals surface area contributed by atoms with Crippen molar-refractivity contribution in [1.82, 2.24) is 34.6 Å². The van der Waals surface area contributed by atoms with E-state index in [9.17, 15) is 13.6 Å². The molecule has 0 amide bonds. The number of para-hydroxylation sites is 7. The van der Waals surface area contributed by atoms with E-state index in [4.69, 9.17) is 14.6 Å². The molecule has 0 bridgehead atoms. The Labute approximate surface area is 891 Å². The van der Waals surface area contributed by atoms with Crippen LogP contribution in [0.5, 0.6) is 23.1 Å². The van der Waals surface area contributed by atoms with E-state index in [1.807, 2.05) is 128 Å². The van der Waals surface area contributed by atoms with Gasteiger partial charge in [0.1, 0.15) is 11.4 Å². The van der Waals surface area contributed by atoms with Gasteiger partial charge >= 0.3 is 48.1 Å². The number of carboxylic acids is 1. The summed E-state index contributed by atoms with van der Waals surface area (Å²) in [6.45, 7) is 16.9. The SMILES string of the molecule is CN1C=CN(c2[c-]c(B3c4[c-]c(N5C=CN(C)[CH-]5)ccc4N(c4ccccc4)c4ccccc43)ccc2)[CH-]1.CN1[CH-]N(c2[c-]c(N3c4[c-]c(Oc5ccccn5)ccc4Oc4ccccc43)ccc2)c2ccccc21.Cc1cc(C)c(N2c3ccc(N4C=CN(C)[CH-]4)[c-]c3B(c3[c-]c(N4C=CN(C)[CH-]4)ccc3)c3ccccc32)c(C)c1.Fc1c[c-]c(-c2ccccn2)c(F)c1.O=C(O)c1ccccn1.[Ir].[Pt+4].[Pt+4].[Pt]. The Bertz CT molecular complexity index is 7360. The van der Waals surface area contributed by atoms with E-state index < -0.39 is 17.6 Å². The van der Waals surface area contributed by atoms with Crippen LogP contribution < -0.4 is 86.3 Å². The molecule has 13 aromatic carbocycles. The zero-order chi connectivity index (χ0) is 95.3. The van der Waals surface area contributed by atoms with Crippen molar-refractivity contribution in [2.45, 2.75) is 20.8 Å². The summed E-state index contributed by atoms with van der Waals surface area (Å²) >= 11 is 0. The molecule has 8 aliphatic rings. The van der Waals surface area contributed by atoms with Crippen LogP contribution >= 0.6 is 0 Å². The van der Waals surface area contributed by atoms with Crippen LogP contribution in [0, 0.1) is 108 Å². The molecule has 1 radical (unpaired) electrons. The summed E-state index contributed by atoms with van der Waals surface area (Å²) in [5.74, 6) is 0.219. The van der Waals surface area contributed by atoms with Crippen molar-refractivity contribution in [3.05, 3.63) is 475 Å². The molecule has 0 saturated carbocycles. The van der Waals surface area contributed by atoms with Crippen molar-refractivity contribution in [2.24, 2.45) is 0 Å². The number of nitrogens with zero attached hydrogens (tertiary/aromatic N) is 16. The molecule has 1 N–H and O–H groups in total. The number of rotatable bonds is 14. The Hall–Kier alpha value is -14.6. The number of anilines is 16. The first kappa shape index (κ1) is 101. The normalized spacial score (nSPS) is 13.8. The molecule has 0 aliphatic carbocycles. The topological polar surface area (TPSA) is 137 Å². The van der Waals surface area contributed by atoms with Gasteiger partial charge < -0.3 is 83.3 Å². The molecule has 28 heteroatoms. The molecular weight excluding hydrogens is 2510 g/mol. The predicted octanol–water partition coefficient (Wildman–Crippen LogP) is 20.8. The Balaban J connectivity index is 0.000000137. The first-order chi connectivity index (χ1) is 67.8. The van der Waals surface area contributed by atoms with E-state index >= 15 is 0 Å². The second-order valence-corrected chi connectivity index (χ2v) is 33.9. The number of aryl methyl sites for hydroxylation is 3. The molecule has 11 heterocycles. The summed E-state index contributed by atoms with van der Waals surface area (Å²) in [5.41, 5.74) is 28.3. The van der Waals surface area contributed by atoms with Gasteiger partial charge in [-0.15, -0.1) is 101 Å². The summed E-state index contributed by atoms with van der Waals surface area (Å²) < 4.78 is 38.0. The van der Waals surface area contributed by atoms with Gasteiger partial charge in [-0.2, -0.15) is 122 Å². The first-order valence-corrected chi connectivity index (χ1v) is 45.2. The molecule has 0 unspecified atom stereocenters. The van der Waals surface area contributed by atoms with E-state index in [-0.39, 0.29) is 108 Å². The molecule has 24 rings (SSSR count). The number of carboxylic acid groups (broad SMARTS) is 1. The maximum atomic E-state index is 13.2. The van der Waals surface area contributed by atoms with E-state index in [0.717, 1.165) is 114 Å². The van der Waals surface area contributed by atoms with Gasteiger partial charge in [-0.1, -0.05) is 160 Å². The number of aromatic nitrogens is 3. The van der Waals surface area contributed by atoms with Crippen molar-refractivity contribution in [3.8, 4) is 34.4 Å². The third-order valence-electron chi connectivity index (χ3n) is 24.2. The van der Waals surface area contributed by atoms with Crippen molar-refractivity contribution >= 4 is 143 Å². The second kappa shape index (κ2) is 45.1. The van der Waals surface area contributed by atoms with Crippen LogP contribution in [0.3, 0.4) is 0 Å². The minimum atomic E-state index is -0.990. The van der Waals surface area contributed by atoms with Crippen LogP contribution in [0.1, 0.15) is 27.2 Å². The summed E-state index contributed by atoms with van der Waals surface area (Å²) in [6.07, 6.45) is 21.2. The van der Waals surface area contributed by atoms with Crippen LogP contribution in [0.25, 0.3) is 11.3 Å². The maximum Gasteiger partial charge on any atom is 4.00 e. The molecule has 0 fully saturated rings. The van der Waals surface area contributed by atoms with Gasteiger partial charge in [0.05, 0.1) is 5.69 Å². The summed E-state index contributed by atoms with van der Waals surface area (Å²) in [7, 11) is 10.2. The van der Waals surface area contributed by atoms with Crippen LogP contribution in [0.4, 0.5) is 99.8 Å². The number of ether oxygens (including phenoxy) is 2. The van der Waals surface area contributed by atoms with E-state index in [1.165, 1.54) is 56.9 Å². The maximum absolute atomic E-state index is 13.2. The van der Waals surface area contributed by atoms with Gasteiger partial charge in [0.2, 0.25) is 5.88 Å². The number of halogens is 2. The molecule has 0 atom stereocenters. The fourth-order valence-electron chi connectivity index (χ4n) is 18.1. The van der Waals surface area contributed by atoms with Gasteiger partial charge in [0.15, 0.2) is 13.4 Å². The van der Waals surface area contributed by atoms with Gasteiger partial charge in [-0.3, -0.25) is 8.78 Å². The summed E-state index contributed by atoms with van der Waals surface area (Å²) in [5, 5.41) is 8.32. The number of hydrogen-bond donors (Lipinski definition) is 1. The van der Waals surface area contributed by atoms with Crippen LogP contribution in [0.2, 0.25) is 0 Å². The van der Waals surface area contributed by atoms with Crippen LogP contribution in [-0.4, -0.2) is 94.3 Å². The standard InChI is InChI=1S/C35H32BN5.C32H26BN5.C31H21N4O2.C11H6F2N.C6H5NO2.Ir.3Pt/c1-25-19-26(2)35(27(3)20-25)41-33-12-7-6-11-31(33)36(28-9-8-10-29(21-28)39-17-15-37(4)23-39)32-22-30(13-14-34(32)41)40-18-16-38(5)24-40;1-34-17-19-36(23-34)27-12-8-9-25(21-27)33-29-13-6-7-14-31(29)38(26-10-4-3-5-11-26)32-16-15-28(22-30(32)33)37-20-18-35(2)24-37;1-33-21-34(26-12-3-2-11-25(26)33)22-9-8-10-23(19-22)35-27-13-4-5-14-29(27)37-30-17-16-24(20-28(30)35)36-31-15-6-7-18-32-31;12-8-4-5-9(10(13)7-8)11-3-1-2-6-14-11;8-6(9)5-3-1-2-4-7-5;;;;/h6-20,23-24H,1-5H3;3-20,23-24H,1-2H3;2-18,21H,1H3;1-4,6-7H;1-4H,(H,8,9);;;;/q2*-4;-3;-1;;;;2*+4. The first-order valence-electron chi connectivity index (χ1n) is 45.2. The fraction of sp³-hybridized carbons (Fsp3) is 0.0696. The van der Waals surface area contributed by atoms with E-state index in [0.29, 0.717) is 23.1 Å². The monoisotopic (exact) mass is 2600 g/mol. The van der Waals surface area contributed by atoms with E-state index in [2.05, 4.69) is 381 Å². The number of hydrogen-bond acceptors (Lipinski definition) is 19. The average molecular weight is 2600 g/mol. The molecule has 16 aromatic rings. The average Bonchev–Trinajstić information content (AvgIpc) is 0.989. The summed E-state index contributed by atoms with van der Waals surface area (Å²) in [4.78, 5) is 49.8. The van der Waals surface area contributed by atoms with Gasteiger partial charge in [-0.05, 0) is 201 Å². The fourth-order valence-corrected chi connectivity index (χ4v) is 18.1. The van der Waals surface area contributed by atoms with Crippen LogP contribution in [0.15, 0.2) is 365 Å². The van der Waals surface area contributed by atoms with E-state index in [1.54, 1.807) is 42.7 Å². The number of aromatic carboxylic acids is 1. The Morgan fingerprint density at radius 1 is 0.413 bits per heavy atom. The van der Waals surface area contributed by atoms with Crippen molar-refractivity contribution in [2.75, 3.05) is 79.3 Å². The van der Waals surface area contributed by atoms with Crippen LogP contribution in [-0.2, 0) is 83.3 Å². The number of fused-ring (bicyclic) bond motifs is 7. The van der Waals surface area contributed by atoms with Gasteiger partial charge in [0, 0.05) is 123 Å². The molecule has 0 saturated heterocycles. The van der Waals surface area contributed by atoms with Crippen molar-refractivity contribution in [1.29, 1.82) is 0 Å². The number of benzene rings is 13. The molecule has 20 nitrogen and oxygen atoms in total. The van der Waals surface area contributed by atoms with Crippen molar-refractivity contribution in [3.63, 3.8) is 0 Å². The molecule has 717 valence electrons. The molecule has 143 heavy (non-hydrogen) atoms. The molecule has 0 spiro atoms. The molecule has 3 aromatic heterocycles. The third kappa shape index (κ3) is 21.8. The van der Waals surface area contributed by atoms with Crippen molar-refractivity contribution < 1.29 is 111 Å². The van der Waals surface area contributed by atoms with Gasteiger partial charge in [-0.25, -0.2) is 14.8 Å². The third-order valence-corrected chi connectivity index (χ3v) is 24.2. The van der Waals surface area contributed by atoms with Gasteiger partial charge in [0.25, 0.3) is 0 Å². The smallest absolute Gasteiger partial charge is 0.513 e. The molecular formula is C115H90B2F2IrN16O4Pt3-4. The number of carbonyl (C=O) groups is 1. The Morgan fingerprint density at radius 3 is 1.42 bits per heavy atom. The Kier molecular flexibility index (Phi) is 32.0. The quantitative estimate of drug-likeness (QED) is 0.0816.